The standard InChI is InChI=1S/C11H15BrN2/c1-14(8-11(13)6-7-11)10-5-3-2-4-9(10)12/h2-5H,6-8,13H2,1H3. The fourth-order valence-electron chi connectivity index (χ4n) is 1.64. The Kier molecular flexibility index (Phi) is 2.54. The van der Waals surface area contributed by atoms with Gasteiger partial charge in [0.15, 0.2) is 0 Å². The second kappa shape index (κ2) is 3.55. The third kappa shape index (κ3) is 2.10. The van der Waals surface area contributed by atoms with Crippen LogP contribution < -0.4 is 10.6 Å². The van der Waals surface area contributed by atoms with Crippen LogP contribution in [0.5, 0.6) is 0 Å². The van der Waals surface area contributed by atoms with E-state index in [1.165, 1.54) is 5.69 Å². The van der Waals surface area contributed by atoms with E-state index in [0.717, 1.165) is 23.9 Å². The Morgan fingerprint density at radius 1 is 1.43 bits per heavy atom. The van der Waals surface area contributed by atoms with E-state index in [1.54, 1.807) is 0 Å². The molecule has 0 amide bonds. The number of halogens is 1. The van der Waals surface area contributed by atoms with Crippen LogP contribution in [-0.4, -0.2) is 19.1 Å². The Morgan fingerprint density at radius 3 is 2.64 bits per heavy atom. The largest absolute Gasteiger partial charge is 0.372 e. The summed E-state index contributed by atoms with van der Waals surface area (Å²) in [6.07, 6.45) is 2.31. The lowest BCUT2D eigenvalue weighted by atomic mass is 10.2. The minimum atomic E-state index is 0.0734. The maximum absolute atomic E-state index is 6.08. The van der Waals surface area contributed by atoms with Crippen LogP contribution in [0.25, 0.3) is 0 Å². The van der Waals surface area contributed by atoms with Crippen molar-refractivity contribution in [1.82, 2.24) is 0 Å². The van der Waals surface area contributed by atoms with Crippen molar-refractivity contribution in [3.8, 4) is 0 Å². The van der Waals surface area contributed by atoms with E-state index < -0.39 is 0 Å². The highest BCUT2D eigenvalue weighted by atomic mass is 79.9. The molecule has 0 bridgehead atoms. The van der Waals surface area contributed by atoms with E-state index in [9.17, 15) is 0 Å². The number of benzene rings is 1. The van der Waals surface area contributed by atoms with Crippen LogP contribution in [0.3, 0.4) is 0 Å². The van der Waals surface area contributed by atoms with Gasteiger partial charge in [-0.1, -0.05) is 12.1 Å². The molecule has 14 heavy (non-hydrogen) atoms. The zero-order valence-electron chi connectivity index (χ0n) is 8.33. The van der Waals surface area contributed by atoms with Crippen LogP contribution in [-0.2, 0) is 0 Å². The molecule has 0 aromatic heterocycles. The molecule has 0 unspecified atom stereocenters. The van der Waals surface area contributed by atoms with E-state index in [4.69, 9.17) is 5.73 Å². The molecule has 3 heteroatoms. The first-order valence-corrected chi connectivity index (χ1v) is 5.65. The highest BCUT2D eigenvalue weighted by molar-refractivity contribution is 9.10. The molecule has 1 aliphatic rings. The first-order valence-electron chi connectivity index (χ1n) is 4.85. The molecule has 2 rings (SSSR count). The van der Waals surface area contributed by atoms with Gasteiger partial charge in [-0.05, 0) is 40.9 Å². The number of rotatable bonds is 3. The summed E-state index contributed by atoms with van der Waals surface area (Å²) in [5.74, 6) is 0. The molecule has 2 N–H and O–H groups in total. The molecule has 1 fully saturated rings. The first-order chi connectivity index (χ1) is 6.61. The molecule has 0 radical (unpaired) electrons. The molecule has 1 aromatic carbocycles. The molecule has 0 heterocycles. The molecule has 0 atom stereocenters. The van der Waals surface area contributed by atoms with Gasteiger partial charge in [0.05, 0.1) is 5.69 Å². The van der Waals surface area contributed by atoms with Crippen molar-refractivity contribution in [3.63, 3.8) is 0 Å². The summed E-state index contributed by atoms with van der Waals surface area (Å²) in [6, 6.07) is 8.24. The van der Waals surface area contributed by atoms with E-state index >= 15 is 0 Å². The molecule has 1 aromatic rings. The Bertz CT molecular complexity index is 334. The molecule has 0 spiro atoms. The third-order valence-corrected chi connectivity index (χ3v) is 3.38. The molecule has 1 saturated carbocycles. The van der Waals surface area contributed by atoms with Gasteiger partial charge in [-0.15, -0.1) is 0 Å². The van der Waals surface area contributed by atoms with Crippen LogP contribution in [0.4, 0.5) is 5.69 Å². The molecular weight excluding hydrogens is 240 g/mol. The number of likely N-dealkylation sites (N-methyl/N-ethyl adjacent to an activating group) is 1. The highest BCUT2D eigenvalue weighted by Gasteiger charge is 2.39. The van der Waals surface area contributed by atoms with Gasteiger partial charge in [-0.3, -0.25) is 0 Å². The lowest BCUT2D eigenvalue weighted by molar-refractivity contribution is 0.660. The number of para-hydroxylation sites is 1. The lowest BCUT2D eigenvalue weighted by Gasteiger charge is -2.24. The zero-order chi connectivity index (χ0) is 10.2. The number of anilines is 1. The topological polar surface area (TPSA) is 29.3 Å². The SMILES string of the molecule is CN(CC1(N)CC1)c1ccccc1Br. The fraction of sp³-hybridized carbons (Fsp3) is 0.455. The average molecular weight is 255 g/mol. The van der Waals surface area contributed by atoms with Crippen molar-refractivity contribution in [2.75, 3.05) is 18.5 Å². The third-order valence-electron chi connectivity index (χ3n) is 2.71. The Balaban J connectivity index is 2.10. The van der Waals surface area contributed by atoms with E-state index in [-0.39, 0.29) is 5.54 Å². The summed E-state index contributed by atoms with van der Waals surface area (Å²) in [5.41, 5.74) is 7.36. The van der Waals surface area contributed by atoms with Gasteiger partial charge in [0.1, 0.15) is 0 Å². The van der Waals surface area contributed by atoms with Crippen molar-refractivity contribution in [1.29, 1.82) is 0 Å². The second-order valence-electron chi connectivity index (χ2n) is 4.17. The lowest BCUT2D eigenvalue weighted by Crippen LogP contribution is -2.37. The monoisotopic (exact) mass is 254 g/mol. The van der Waals surface area contributed by atoms with Crippen molar-refractivity contribution < 1.29 is 0 Å². The first kappa shape index (κ1) is 9.99. The molecule has 2 nitrogen and oxygen atoms in total. The van der Waals surface area contributed by atoms with Crippen molar-refractivity contribution >= 4 is 21.6 Å². The Hall–Kier alpha value is -0.540. The number of nitrogens with zero attached hydrogens (tertiary/aromatic N) is 1. The van der Waals surface area contributed by atoms with E-state index in [0.29, 0.717) is 0 Å². The van der Waals surface area contributed by atoms with E-state index in [1.807, 2.05) is 12.1 Å². The van der Waals surface area contributed by atoms with Crippen LogP contribution in [0.15, 0.2) is 28.7 Å². The molecular formula is C11H15BrN2. The summed E-state index contributed by atoms with van der Waals surface area (Å²) in [5, 5.41) is 0. The number of nitrogens with two attached hydrogens (primary N) is 1. The van der Waals surface area contributed by atoms with Crippen LogP contribution in [0, 0.1) is 0 Å². The van der Waals surface area contributed by atoms with Crippen molar-refractivity contribution in [3.05, 3.63) is 28.7 Å². The maximum Gasteiger partial charge on any atom is 0.0508 e. The van der Waals surface area contributed by atoms with Crippen molar-refractivity contribution in [2.24, 2.45) is 5.73 Å². The summed E-state index contributed by atoms with van der Waals surface area (Å²) in [6.45, 7) is 0.940. The van der Waals surface area contributed by atoms with Gasteiger partial charge in [0.2, 0.25) is 0 Å². The van der Waals surface area contributed by atoms with E-state index in [2.05, 4.69) is 40.0 Å². The van der Waals surface area contributed by atoms with Gasteiger partial charge in [0.25, 0.3) is 0 Å². The van der Waals surface area contributed by atoms with Gasteiger partial charge in [-0.2, -0.15) is 0 Å². The van der Waals surface area contributed by atoms with Crippen LogP contribution in [0.2, 0.25) is 0 Å². The quantitative estimate of drug-likeness (QED) is 0.898. The smallest absolute Gasteiger partial charge is 0.0508 e. The van der Waals surface area contributed by atoms with Crippen molar-refractivity contribution in [2.45, 2.75) is 18.4 Å². The predicted molar refractivity (Wildman–Crippen MR) is 63.6 cm³/mol. The molecule has 76 valence electrons. The Labute approximate surface area is 93.2 Å². The summed E-state index contributed by atoms with van der Waals surface area (Å²) >= 11 is 3.54. The van der Waals surface area contributed by atoms with Gasteiger partial charge < -0.3 is 10.6 Å². The fourth-order valence-corrected chi connectivity index (χ4v) is 2.22. The summed E-state index contributed by atoms with van der Waals surface area (Å²) < 4.78 is 1.13. The average Bonchev–Trinajstić information content (AvgIpc) is 2.84. The van der Waals surface area contributed by atoms with Crippen LogP contribution in [0.1, 0.15) is 12.8 Å². The maximum atomic E-state index is 6.08. The van der Waals surface area contributed by atoms with Gasteiger partial charge >= 0.3 is 0 Å². The summed E-state index contributed by atoms with van der Waals surface area (Å²) in [7, 11) is 2.09. The molecule has 0 saturated heterocycles. The highest BCUT2D eigenvalue weighted by Crippen LogP contribution is 2.35. The second-order valence-corrected chi connectivity index (χ2v) is 5.02. The van der Waals surface area contributed by atoms with Gasteiger partial charge in [-0.25, -0.2) is 0 Å². The zero-order valence-corrected chi connectivity index (χ0v) is 9.92. The van der Waals surface area contributed by atoms with Crippen LogP contribution >= 0.6 is 15.9 Å². The molecule has 0 aliphatic heterocycles. The number of hydrogen-bond acceptors (Lipinski definition) is 2. The van der Waals surface area contributed by atoms with Gasteiger partial charge in [0, 0.05) is 23.6 Å². The predicted octanol–water partition coefficient (Wildman–Crippen LogP) is 2.38. The normalized spacial score (nSPS) is 17.9. The molecule has 1 aliphatic carbocycles. The minimum absolute atomic E-state index is 0.0734. The Morgan fingerprint density at radius 2 is 2.07 bits per heavy atom. The number of hydrogen-bond donors (Lipinski definition) is 1. The minimum Gasteiger partial charge on any atom is -0.372 e. The summed E-state index contributed by atoms with van der Waals surface area (Å²) in [4.78, 5) is 2.22.